The van der Waals surface area contributed by atoms with Crippen LogP contribution in [-0.2, 0) is 18.0 Å². The highest BCUT2D eigenvalue weighted by atomic mass is 32.2. The molecule has 1 aromatic heterocycles. The van der Waals surface area contributed by atoms with E-state index in [9.17, 15) is 22.6 Å². The van der Waals surface area contributed by atoms with Crippen LogP contribution in [-0.4, -0.2) is 19.7 Å². The van der Waals surface area contributed by atoms with Gasteiger partial charge in [0.25, 0.3) is 0 Å². The average molecular weight is 357 g/mol. The maximum Gasteiger partial charge on any atom is 0.408 e. The van der Waals surface area contributed by atoms with Gasteiger partial charge in [0.05, 0.1) is 15.7 Å². The summed E-state index contributed by atoms with van der Waals surface area (Å²) < 4.78 is 56.0. The molecule has 2 unspecified atom stereocenters. The molecule has 0 aliphatic rings. The molecule has 0 saturated carbocycles. The molecule has 0 spiro atoms. The third kappa shape index (κ3) is 3.32. The van der Waals surface area contributed by atoms with Gasteiger partial charge in [-0.2, -0.15) is 18.4 Å². The summed E-state index contributed by atoms with van der Waals surface area (Å²) in [5.74, 6) is 0. The first-order valence-electron chi connectivity index (χ1n) is 7.20. The molecule has 0 fully saturated rings. The van der Waals surface area contributed by atoms with Gasteiger partial charge in [-0.05, 0) is 26.8 Å². The van der Waals surface area contributed by atoms with Crippen LogP contribution in [0.2, 0.25) is 0 Å². The molecule has 0 radical (unpaired) electrons. The van der Waals surface area contributed by atoms with Crippen LogP contribution in [0.25, 0.3) is 10.9 Å². The fraction of sp³-hybridized carbons (Fsp3) is 0.438. The zero-order chi connectivity index (χ0) is 18.3. The van der Waals surface area contributed by atoms with Crippen molar-refractivity contribution in [2.24, 2.45) is 7.05 Å². The SMILES string of the molecule is Cn1c(C#N)c(C(NS(=O)C(C)(C)C)C(F)(F)F)c2ccccc21. The van der Waals surface area contributed by atoms with E-state index in [1.54, 1.807) is 46.0 Å². The van der Waals surface area contributed by atoms with Crippen molar-refractivity contribution in [2.75, 3.05) is 0 Å². The molecule has 0 saturated heterocycles. The van der Waals surface area contributed by atoms with E-state index in [-0.39, 0.29) is 11.3 Å². The van der Waals surface area contributed by atoms with E-state index in [0.29, 0.717) is 10.9 Å². The second kappa shape index (κ2) is 6.22. The molecule has 1 N–H and O–H groups in total. The van der Waals surface area contributed by atoms with E-state index in [1.165, 1.54) is 10.6 Å². The highest BCUT2D eigenvalue weighted by molar-refractivity contribution is 7.84. The molecule has 8 heteroatoms. The van der Waals surface area contributed by atoms with Crippen molar-refractivity contribution in [1.29, 1.82) is 5.26 Å². The van der Waals surface area contributed by atoms with Gasteiger partial charge < -0.3 is 4.57 Å². The molecule has 1 heterocycles. The summed E-state index contributed by atoms with van der Waals surface area (Å²) in [6.45, 7) is 4.74. The van der Waals surface area contributed by atoms with Crippen molar-refractivity contribution < 1.29 is 17.4 Å². The number of nitrogens with one attached hydrogen (secondary N) is 1. The smallest absolute Gasteiger partial charge is 0.335 e. The Bertz CT molecular complexity index is 828. The van der Waals surface area contributed by atoms with Crippen molar-refractivity contribution in [3.63, 3.8) is 0 Å². The van der Waals surface area contributed by atoms with Crippen LogP contribution in [0.15, 0.2) is 24.3 Å². The first-order valence-corrected chi connectivity index (χ1v) is 8.35. The standard InChI is InChI=1S/C16H18F3N3OS/c1-15(2,3)24(23)21-14(16(17,18)19)13-10-7-5-6-8-11(10)22(4)12(13)9-20/h5-8,14,21H,1-4H3. The van der Waals surface area contributed by atoms with Crippen molar-refractivity contribution >= 4 is 21.9 Å². The zero-order valence-electron chi connectivity index (χ0n) is 13.7. The molecular weight excluding hydrogens is 339 g/mol. The number of alkyl halides is 3. The molecule has 4 nitrogen and oxygen atoms in total. The van der Waals surface area contributed by atoms with Gasteiger partial charge in [-0.25, -0.2) is 8.93 Å². The first kappa shape index (κ1) is 18.5. The Balaban J connectivity index is 2.70. The average Bonchev–Trinajstić information content (AvgIpc) is 2.75. The molecule has 24 heavy (non-hydrogen) atoms. The molecule has 2 rings (SSSR count). The minimum atomic E-state index is -4.70. The Morgan fingerprint density at radius 3 is 2.33 bits per heavy atom. The molecule has 2 aromatic rings. The van der Waals surface area contributed by atoms with Crippen LogP contribution in [0.3, 0.4) is 0 Å². The van der Waals surface area contributed by atoms with Crippen LogP contribution in [0.4, 0.5) is 13.2 Å². The van der Waals surface area contributed by atoms with Crippen molar-refractivity contribution in [2.45, 2.75) is 37.7 Å². The van der Waals surface area contributed by atoms with Crippen LogP contribution in [0, 0.1) is 11.3 Å². The Morgan fingerprint density at radius 2 is 1.83 bits per heavy atom. The molecule has 2 atom stereocenters. The van der Waals surface area contributed by atoms with Gasteiger partial charge in [0.1, 0.15) is 17.8 Å². The van der Waals surface area contributed by atoms with Crippen LogP contribution in [0.5, 0.6) is 0 Å². The number of hydrogen-bond donors (Lipinski definition) is 1. The van der Waals surface area contributed by atoms with Crippen molar-refractivity contribution in [3.8, 4) is 6.07 Å². The maximum absolute atomic E-state index is 13.7. The van der Waals surface area contributed by atoms with Gasteiger partial charge in [-0.1, -0.05) is 18.2 Å². The third-order valence-electron chi connectivity index (χ3n) is 3.65. The Kier molecular flexibility index (Phi) is 4.79. The Labute approximate surface area is 140 Å². The quantitative estimate of drug-likeness (QED) is 0.910. The minimum Gasteiger partial charge on any atom is -0.335 e. The molecule has 0 amide bonds. The first-order chi connectivity index (χ1) is 11.0. The second-order valence-electron chi connectivity index (χ2n) is 6.42. The summed E-state index contributed by atoms with van der Waals surface area (Å²) >= 11 is 0. The number of para-hydroxylation sites is 1. The monoisotopic (exact) mass is 357 g/mol. The van der Waals surface area contributed by atoms with E-state index < -0.39 is 28.0 Å². The molecule has 0 aliphatic carbocycles. The molecule has 130 valence electrons. The van der Waals surface area contributed by atoms with Crippen LogP contribution >= 0.6 is 0 Å². The highest BCUT2D eigenvalue weighted by Gasteiger charge is 2.45. The van der Waals surface area contributed by atoms with E-state index in [1.807, 2.05) is 6.07 Å². The largest absolute Gasteiger partial charge is 0.408 e. The van der Waals surface area contributed by atoms with Gasteiger partial charge in [0.2, 0.25) is 0 Å². The fourth-order valence-corrected chi connectivity index (χ4v) is 3.24. The predicted octanol–water partition coefficient (Wildman–Crippen LogP) is 3.71. The van der Waals surface area contributed by atoms with E-state index in [4.69, 9.17) is 0 Å². The predicted molar refractivity (Wildman–Crippen MR) is 87.5 cm³/mol. The van der Waals surface area contributed by atoms with Crippen LogP contribution < -0.4 is 4.72 Å². The lowest BCUT2D eigenvalue weighted by Gasteiger charge is -2.26. The molecule has 0 aliphatic heterocycles. The zero-order valence-corrected chi connectivity index (χ0v) is 14.5. The van der Waals surface area contributed by atoms with Gasteiger partial charge in [0.15, 0.2) is 0 Å². The van der Waals surface area contributed by atoms with Gasteiger partial charge >= 0.3 is 6.18 Å². The van der Waals surface area contributed by atoms with Crippen molar-refractivity contribution in [1.82, 2.24) is 9.29 Å². The number of halogens is 3. The second-order valence-corrected chi connectivity index (χ2v) is 8.42. The van der Waals surface area contributed by atoms with E-state index in [0.717, 1.165) is 0 Å². The summed E-state index contributed by atoms with van der Waals surface area (Å²) in [7, 11) is -0.407. The van der Waals surface area contributed by atoms with Gasteiger partial charge in [0, 0.05) is 23.5 Å². The summed E-state index contributed by atoms with van der Waals surface area (Å²) in [5, 5.41) is 9.68. The summed E-state index contributed by atoms with van der Waals surface area (Å²) in [5.41, 5.74) is 0.222. The Morgan fingerprint density at radius 1 is 1.25 bits per heavy atom. The highest BCUT2D eigenvalue weighted by Crippen LogP contribution is 2.40. The number of fused-ring (bicyclic) bond motifs is 1. The minimum absolute atomic E-state index is 0.100. The number of benzene rings is 1. The topological polar surface area (TPSA) is 57.8 Å². The lowest BCUT2D eigenvalue weighted by Crippen LogP contribution is -2.41. The summed E-state index contributed by atoms with van der Waals surface area (Å²) in [4.78, 5) is 0. The molecule has 1 aromatic carbocycles. The fourth-order valence-electron chi connectivity index (χ4n) is 2.42. The number of aromatic nitrogens is 1. The lowest BCUT2D eigenvalue weighted by atomic mass is 10.0. The van der Waals surface area contributed by atoms with E-state index >= 15 is 0 Å². The third-order valence-corrected chi connectivity index (χ3v) is 5.21. The number of nitriles is 1. The maximum atomic E-state index is 13.7. The van der Waals surface area contributed by atoms with Crippen LogP contribution in [0.1, 0.15) is 38.1 Å². The molecular formula is C16H18F3N3OS. The summed E-state index contributed by atoms with van der Waals surface area (Å²) in [6, 6.07) is 6.13. The summed E-state index contributed by atoms with van der Waals surface area (Å²) in [6.07, 6.45) is -4.70. The van der Waals surface area contributed by atoms with Gasteiger partial charge in [-0.15, -0.1) is 0 Å². The number of aryl methyl sites for hydroxylation is 1. The lowest BCUT2D eigenvalue weighted by molar-refractivity contribution is -0.152. The van der Waals surface area contributed by atoms with Gasteiger partial charge in [-0.3, -0.25) is 0 Å². The number of hydrogen-bond acceptors (Lipinski definition) is 2. The number of nitrogens with zero attached hydrogens (tertiary/aromatic N) is 2. The Hall–Kier alpha value is -1.85. The van der Waals surface area contributed by atoms with E-state index in [2.05, 4.69) is 4.72 Å². The van der Waals surface area contributed by atoms with Crippen molar-refractivity contribution in [3.05, 3.63) is 35.5 Å². The number of rotatable bonds is 3. The normalized spacial score (nSPS) is 15.2. The molecule has 0 bridgehead atoms.